The molecule has 1 amide bonds. The van der Waals surface area contributed by atoms with Crippen molar-refractivity contribution in [3.05, 3.63) is 59.2 Å². The number of nitrogens with zero attached hydrogens (tertiary/aromatic N) is 1. The van der Waals surface area contributed by atoms with Crippen LogP contribution in [0.2, 0.25) is 0 Å². The third kappa shape index (κ3) is 3.21. The second-order valence-electron chi connectivity index (χ2n) is 7.55. The van der Waals surface area contributed by atoms with Crippen LogP contribution in [0.15, 0.2) is 42.5 Å². The van der Waals surface area contributed by atoms with Crippen molar-refractivity contribution in [3.63, 3.8) is 0 Å². The molecule has 2 atom stereocenters. The van der Waals surface area contributed by atoms with Crippen LogP contribution in [-0.2, 0) is 12.8 Å². The van der Waals surface area contributed by atoms with Gasteiger partial charge in [-0.05, 0) is 80.0 Å². The van der Waals surface area contributed by atoms with Crippen molar-refractivity contribution in [1.82, 2.24) is 4.90 Å². The number of rotatable bonds is 3. The van der Waals surface area contributed by atoms with Crippen LogP contribution in [0.25, 0.3) is 11.1 Å². The van der Waals surface area contributed by atoms with Crippen LogP contribution in [0, 0.1) is 0 Å². The minimum absolute atomic E-state index is 0.376. The molecule has 1 heterocycles. The predicted molar refractivity (Wildman–Crippen MR) is 102 cm³/mol. The molecule has 2 N–H and O–H groups in total. The molecule has 0 aromatic heterocycles. The highest BCUT2D eigenvalue weighted by Gasteiger charge is 2.30. The maximum Gasteiger partial charge on any atom is 0.248 e. The minimum atomic E-state index is -0.376. The molecule has 0 radical (unpaired) electrons. The van der Waals surface area contributed by atoms with E-state index >= 15 is 0 Å². The molecule has 0 spiro atoms. The summed E-state index contributed by atoms with van der Waals surface area (Å²) in [5.74, 6) is -0.376. The van der Waals surface area contributed by atoms with E-state index in [1.807, 2.05) is 24.3 Å². The fourth-order valence-corrected chi connectivity index (χ4v) is 4.52. The van der Waals surface area contributed by atoms with Gasteiger partial charge >= 0.3 is 0 Å². The summed E-state index contributed by atoms with van der Waals surface area (Å²) < 4.78 is 0. The van der Waals surface area contributed by atoms with Gasteiger partial charge < -0.3 is 5.73 Å². The Morgan fingerprint density at radius 1 is 1.04 bits per heavy atom. The molecular formula is C22H26N2O. The summed E-state index contributed by atoms with van der Waals surface area (Å²) in [6.45, 7) is 3.65. The molecule has 1 fully saturated rings. The van der Waals surface area contributed by atoms with Gasteiger partial charge in [-0.15, -0.1) is 0 Å². The molecule has 2 aromatic carbocycles. The number of primary amides is 1. The van der Waals surface area contributed by atoms with Crippen LogP contribution < -0.4 is 5.73 Å². The van der Waals surface area contributed by atoms with Gasteiger partial charge in [-0.25, -0.2) is 0 Å². The maximum atomic E-state index is 11.2. The van der Waals surface area contributed by atoms with E-state index in [2.05, 4.69) is 30.0 Å². The molecule has 0 saturated carbocycles. The predicted octanol–water partition coefficient (Wildman–Crippen LogP) is 3.79. The lowest BCUT2D eigenvalue weighted by atomic mass is 9.85. The van der Waals surface area contributed by atoms with E-state index in [0.717, 1.165) is 18.0 Å². The largest absolute Gasteiger partial charge is 0.366 e. The van der Waals surface area contributed by atoms with Crippen molar-refractivity contribution < 1.29 is 4.79 Å². The highest BCUT2D eigenvalue weighted by atomic mass is 16.1. The summed E-state index contributed by atoms with van der Waals surface area (Å²) in [6.07, 6.45) is 6.31. The van der Waals surface area contributed by atoms with Crippen LogP contribution in [0.3, 0.4) is 0 Å². The average molecular weight is 334 g/mol. The smallest absolute Gasteiger partial charge is 0.248 e. The second-order valence-corrected chi connectivity index (χ2v) is 7.55. The number of carbonyl (C=O) groups excluding carboxylic acids is 1. The molecule has 1 saturated heterocycles. The van der Waals surface area contributed by atoms with Gasteiger partial charge in [-0.3, -0.25) is 9.69 Å². The van der Waals surface area contributed by atoms with Crippen molar-refractivity contribution in [2.24, 2.45) is 5.73 Å². The Balaban J connectivity index is 1.54. The van der Waals surface area contributed by atoms with E-state index in [0.29, 0.717) is 11.6 Å². The number of nitrogens with two attached hydrogens (primary N) is 1. The highest BCUT2D eigenvalue weighted by Crippen LogP contribution is 2.32. The maximum absolute atomic E-state index is 11.2. The zero-order chi connectivity index (χ0) is 17.4. The number of benzene rings is 2. The lowest BCUT2D eigenvalue weighted by molar-refractivity contribution is 0.100. The number of fused-ring (bicyclic) bond motifs is 1. The summed E-state index contributed by atoms with van der Waals surface area (Å²) in [5, 5.41) is 0. The third-order valence-corrected chi connectivity index (χ3v) is 5.98. The first-order valence-electron chi connectivity index (χ1n) is 9.39. The normalized spacial score (nSPS) is 23.4. The van der Waals surface area contributed by atoms with Crippen LogP contribution in [0.4, 0.5) is 0 Å². The van der Waals surface area contributed by atoms with Gasteiger partial charge in [-0.1, -0.05) is 30.3 Å². The van der Waals surface area contributed by atoms with Gasteiger partial charge in [0, 0.05) is 17.6 Å². The Morgan fingerprint density at radius 2 is 1.80 bits per heavy atom. The molecule has 130 valence electrons. The van der Waals surface area contributed by atoms with Crippen molar-refractivity contribution >= 4 is 5.91 Å². The number of amides is 1. The Kier molecular flexibility index (Phi) is 4.34. The molecule has 4 rings (SSSR count). The van der Waals surface area contributed by atoms with Crippen molar-refractivity contribution in [2.45, 2.75) is 51.1 Å². The molecule has 0 bridgehead atoms. The van der Waals surface area contributed by atoms with Crippen LogP contribution in [0.5, 0.6) is 0 Å². The van der Waals surface area contributed by atoms with E-state index in [9.17, 15) is 4.79 Å². The fraction of sp³-hybridized carbons (Fsp3) is 0.409. The fourth-order valence-electron chi connectivity index (χ4n) is 4.52. The monoisotopic (exact) mass is 334 g/mol. The Hall–Kier alpha value is -2.13. The number of hydrogen-bond donors (Lipinski definition) is 1. The molecule has 3 nitrogen and oxygen atoms in total. The van der Waals surface area contributed by atoms with E-state index < -0.39 is 0 Å². The Morgan fingerprint density at radius 3 is 2.48 bits per heavy atom. The van der Waals surface area contributed by atoms with E-state index in [-0.39, 0.29) is 5.91 Å². The molecule has 2 aliphatic rings. The molecule has 2 unspecified atom stereocenters. The van der Waals surface area contributed by atoms with Gasteiger partial charge in [0.15, 0.2) is 0 Å². The molecule has 1 aliphatic carbocycles. The van der Waals surface area contributed by atoms with Crippen molar-refractivity contribution in [1.29, 1.82) is 0 Å². The Bertz CT molecular complexity index is 781. The van der Waals surface area contributed by atoms with E-state index in [1.165, 1.54) is 48.9 Å². The van der Waals surface area contributed by atoms with Crippen molar-refractivity contribution in [2.75, 3.05) is 6.54 Å². The van der Waals surface area contributed by atoms with E-state index in [1.54, 1.807) is 0 Å². The van der Waals surface area contributed by atoms with Gasteiger partial charge in [-0.2, -0.15) is 0 Å². The van der Waals surface area contributed by atoms with Crippen LogP contribution in [0.1, 0.15) is 47.7 Å². The van der Waals surface area contributed by atoms with Crippen molar-refractivity contribution in [3.8, 4) is 11.1 Å². The molecule has 1 aliphatic heterocycles. The molecule has 3 heteroatoms. The standard InChI is InChI=1S/C22H26N2O/c1-15-3-2-12-24(15)21-11-10-19-13-18(8-9-20(19)14-21)16-4-6-17(7-5-16)22(23)25/h4-9,13,15,21H,2-3,10-12,14H2,1H3,(H2,23,25). The lowest BCUT2D eigenvalue weighted by Gasteiger charge is -2.35. The first-order chi connectivity index (χ1) is 12.1. The topological polar surface area (TPSA) is 46.3 Å². The average Bonchev–Trinajstić information content (AvgIpc) is 3.07. The van der Waals surface area contributed by atoms with Gasteiger partial charge in [0.25, 0.3) is 0 Å². The summed E-state index contributed by atoms with van der Waals surface area (Å²) in [7, 11) is 0. The molecule has 25 heavy (non-hydrogen) atoms. The number of hydrogen-bond acceptors (Lipinski definition) is 2. The van der Waals surface area contributed by atoms with E-state index in [4.69, 9.17) is 5.73 Å². The number of carbonyl (C=O) groups is 1. The van der Waals surface area contributed by atoms with Gasteiger partial charge in [0.2, 0.25) is 5.91 Å². The SMILES string of the molecule is CC1CCCN1C1CCc2cc(-c3ccc(C(N)=O)cc3)ccc2C1. The van der Waals surface area contributed by atoms with Gasteiger partial charge in [0.05, 0.1) is 0 Å². The zero-order valence-electron chi connectivity index (χ0n) is 14.9. The van der Waals surface area contributed by atoms with Crippen LogP contribution >= 0.6 is 0 Å². The molecule has 2 aromatic rings. The second kappa shape index (κ2) is 6.64. The third-order valence-electron chi connectivity index (χ3n) is 5.98. The summed E-state index contributed by atoms with van der Waals surface area (Å²) in [6, 6.07) is 15.9. The number of aryl methyl sites for hydroxylation is 1. The van der Waals surface area contributed by atoms with Gasteiger partial charge in [0.1, 0.15) is 0 Å². The minimum Gasteiger partial charge on any atom is -0.366 e. The highest BCUT2D eigenvalue weighted by molar-refractivity contribution is 5.93. The zero-order valence-corrected chi connectivity index (χ0v) is 14.9. The quantitative estimate of drug-likeness (QED) is 0.928. The first-order valence-corrected chi connectivity index (χ1v) is 9.39. The summed E-state index contributed by atoms with van der Waals surface area (Å²) in [5.41, 5.74) is 11.2. The summed E-state index contributed by atoms with van der Waals surface area (Å²) >= 11 is 0. The first kappa shape index (κ1) is 16.3. The lowest BCUT2D eigenvalue weighted by Crippen LogP contribution is -2.41. The van der Waals surface area contributed by atoms with Crippen LogP contribution in [-0.4, -0.2) is 29.4 Å². The summed E-state index contributed by atoms with van der Waals surface area (Å²) in [4.78, 5) is 13.9. The number of likely N-dealkylation sites (tertiary alicyclic amines) is 1. The Labute approximate surface area is 149 Å². The molecular weight excluding hydrogens is 308 g/mol.